The number of sulfone groups is 1. The summed E-state index contributed by atoms with van der Waals surface area (Å²) in [6, 6.07) is 6.68. The van der Waals surface area contributed by atoms with Crippen LogP contribution in [0.5, 0.6) is 0 Å². The summed E-state index contributed by atoms with van der Waals surface area (Å²) in [5, 5.41) is 0. The summed E-state index contributed by atoms with van der Waals surface area (Å²) in [5.74, 6) is 0.333. The summed E-state index contributed by atoms with van der Waals surface area (Å²) >= 11 is 3.34. The van der Waals surface area contributed by atoms with E-state index >= 15 is 0 Å². The summed E-state index contributed by atoms with van der Waals surface area (Å²) in [7, 11) is -1.67. The van der Waals surface area contributed by atoms with Gasteiger partial charge in [-0.05, 0) is 44.2 Å². The number of hydrogen-bond donors (Lipinski definition) is 0. The summed E-state index contributed by atoms with van der Waals surface area (Å²) < 4.78 is 59.8. The Kier molecular flexibility index (Phi) is 6.88. The molecular formula is C20H29BrNO7PS. The number of benzene rings is 1. The Labute approximate surface area is 193 Å². The van der Waals surface area contributed by atoms with E-state index in [1.807, 2.05) is 7.05 Å². The summed E-state index contributed by atoms with van der Waals surface area (Å²) in [6.45, 7) is 6.71. The highest BCUT2D eigenvalue weighted by Crippen LogP contribution is 2.57. The normalized spacial score (nSPS) is 38.4. The van der Waals surface area contributed by atoms with Crippen molar-refractivity contribution in [2.45, 2.75) is 61.1 Å². The molecule has 0 N–H and O–H groups in total. The number of ether oxygens (including phenoxy) is 3. The van der Waals surface area contributed by atoms with Gasteiger partial charge in [0.25, 0.3) is 8.53 Å². The number of fused-ring (bicyclic) bond motifs is 2. The minimum atomic E-state index is -3.81. The molecule has 0 aliphatic carbocycles. The van der Waals surface area contributed by atoms with Crippen LogP contribution in [0.25, 0.3) is 0 Å². The van der Waals surface area contributed by atoms with Crippen molar-refractivity contribution in [1.29, 1.82) is 0 Å². The van der Waals surface area contributed by atoms with Crippen LogP contribution in [0.2, 0.25) is 0 Å². The van der Waals surface area contributed by atoms with E-state index in [4.69, 9.17) is 23.3 Å². The molecule has 0 saturated carbocycles. The molecule has 3 fully saturated rings. The lowest BCUT2D eigenvalue weighted by Gasteiger charge is -2.31. The topological polar surface area (TPSA) is 83.5 Å². The van der Waals surface area contributed by atoms with Crippen LogP contribution in [0.1, 0.15) is 20.8 Å². The first-order chi connectivity index (χ1) is 14.6. The van der Waals surface area contributed by atoms with Crippen molar-refractivity contribution in [3.8, 4) is 0 Å². The van der Waals surface area contributed by atoms with E-state index in [-0.39, 0.29) is 30.3 Å². The maximum atomic E-state index is 13.4. The van der Waals surface area contributed by atoms with Crippen molar-refractivity contribution in [2.24, 2.45) is 5.92 Å². The Balaban J connectivity index is 1.61. The second-order valence-electron chi connectivity index (χ2n) is 8.65. The van der Waals surface area contributed by atoms with Crippen molar-refractivity contribution in [1.82, 2.24) is 4.67 Å². The third-order valence-electron chi connectivity index (χ3n) is 6.19. The molecule has 4 unspecified atom stereocenters. The van der Waals surface area contributed by atoms with Crippen LogP contribution in [-0.4, -0.2) is 75.9 Å². The molecule has 11 heteroatoms. The van der Waals surface area contributed by atoms with Gasteiger partial charge in [-0.2, -0.15) is 0 Å². The van der Waals surface area contributed by atoms with E-state index in [1.54, 1.807) is 31.4 Å². The Hall–Kier alpha value is -0.160. The van der Waals surface area contributed by atoms with Gasteiger partial charge in [0.05, 0.1) is 24.2 Å². The van der Waals surface area contributed by atoms with Gasteiger partial charge in [0.2, 0.25) is 9.84 Å². The number of nitrogens with zero attached hydrogens (tertiary/aromatic N) is 1. The average molecular weight is 538 g/mol. The van der Waals surface area contributed by atoms with E-state index in [1.165, 1.54) is 0 Å². The van der Waals surface area contributed by atoms with Crippen LogP contribution in [0, 0.1) is 5.92 Å². The van der Waals surface area contributed by atoms with Crippen molar-refractivity contribution >= 4 is 34.3 Å². The van der Waals surface area contributed by atoms with E-state index in [2.05, 4.69) is 41.4 Å². The van der Waals surface area contributed by atoms with Crippen molar-refractivity contribution in [3.63, 3.8) is 0 Å². The maximum Gasteiger partial charge on any atom is 0.259 e. The molecule has 31 heavy (non-hydrogen) atoms. The highest BCUT2D eigenvalue weighted by atomic mass is 79.9. The first-order valence-electron chi connectivity index (χ1n) is 10.2. The quantitative estimate of drug-likeness (QED) is 0.489. The molecular weight excluding hydrogens is 509 g/mol. The zero-order valence-electron chi connectivity index (χ0n) is 18.2. The fourth-order valence-corrected chi connectivity index (χ4v) is 8.24. The van der Waals surface area contributed by atoms with E-state index in [9.17, 15) is 8.42 Å². The molecule has 0 amide bonds. The minimum absolute atomic E-state index is 0.0395. The first kappa shape index (κ1) is 24.0. The zero-order valence-corrected chi connectivity index (χ0v) is 21.5. The SMILES string of the molecule is COC[C@@]12CO[C@@H](C1OP1OC(C(C)C)C(C)N1C)[C@H](S(=O)(=O)c1ccc(Br)cc1)O2. The monoisotopic (exact) mass is 537 g/mol. The summed E-state index contributed by atoms with van der Waals surface area (Å²) in [4.78, 5) is 0.177. The molecule has 174 valence electrons. The molecule has 7 atom stereocenters. The second-order valence-corrected chi connectivity index (χ2v) is 13.1. The number of halogens is 1. The third kappa shape index (κ3) is 4.13. The Bertz CT molecular complexity index is 901. The predicted octanol–water partition coefficient (Wildman–Crippen LogP) is 3.35. The van der Waals surface area contributed by atoms with E-state index in [0.717, 1.165) is 4.47 Å². The lowest BCUT2D eigenvalue weighted by molar-refractivity contribution is -0.140. The van der Waals surface area contributed by atoms with Gasteiger partial charge in [-0.15, -0.1) is 0 Å². The minimum Gasteiger partial charge on any atom is -0.381 e. The molecule has 2 bridgehead atoms. The van der Waals surface area contributed by atoms with Crippen LogP contribution in [0.4, 0.5) is 0 Å². The van der Waals surface area contributed by atoms with Gasteiger partial charge in [-0.1, -0.05) is 29.8 Å². The smallest absolute Gasteiger partial charge is 0.259 e. The number of hydrogen-bond acceptors (Lipinski definition) is 8. The fraction of sp³-hybridized carbons (Fsp3) is 0.700. The van der Waals surface area contributed by atoms with Crippen LogP contribution in [0.3, 0.4) is 0 Å². The second kappa shape index (κ2) is 8.89. The van der Waals surface area contributed by atoms with Crippen molar-refractivity contribution in [3.05, 3.63) is 28.7 Å². The van der Waals surface area contributed by atoms with Crippen LogP contribution < -0.4 is 0 Å². The molecule has 0 aromatic heterocycles. The van der Waals surface area contributed by atoms with E-state index in [0.29, 0.717) is 5.92 Å². The number of likely N-dealkylation sites (N-methyl/N-ethyl adjacent to an activating group) is 1. The highest BCUT2D eigenvalue weighted by Gasteiger charge is 2.67. The Morgan fingerprint density at radius 2 is 2.00 bits per heavy atom. The predicted molar refractivity (Wildman–Crippen MR) is 119 cm³/mol. The molecule has 1 aromatic rings. The maximum absolute atomic E-state index is 13.4. The largest absolute Gasteiger partial charge is 0.381 e. The molecule has 8 nitrogen and oxygen atoms in total. The lowest BCUT2D eigenvalue weighted by atomic mass is 10.0. The molecule has 1 aromatic carbocycles. The van der Waals surface area contributed by atoms with Crippen LogP contribution in [0.15, 0.2) is 33.6 Å². The number of rotatable bonds is 7. The molecule has 3 saturated heterocycles. The van der Waals surface area contributed by atoms with Gasteiger partial charge in [0.15, 0.2) is 5.44 Å². The fourth-order valence-electron chi connectivity index (χ4n) is 4.39. The molecule has 3 aliphatic rings. The molecule has 0 radical (unpaired) electrons. The average Bonchev–Trinajstić information content (AvgIpc) is 3.32. The first-order valence-corrected chi connectivity index (χ1v) is 13.7. The zero-order chi connectivity index (χ0) is 22.6. The van der Waals surface area contributed by atoms with Crippen molar-refractivity contribution in [2.75, 3.05) is 27.4 Å². The van der Waals surface area contributed by atoms with Crippen LogP contribution >= 0.6 is 24.5 Å². The Morgan fingerprint density at radius 3 is 2.58 bits per heavy atom. The van der Waals surface area contributed by atoms with Gasteiger partial charge < -0.3 is 23.3 Å². The van der Waals surface area contributed by atoms with Gasteiger partial charge in [-0.3, -0.25) is 0 Å². The highest BCUT2D eigenvalue weighted by molar-refractivity contribution is 9.10. The van der Waals surface area contributed by atoms with Gasteiger partial charge in [-0.25, -0.2) is 13.1 Å². The van der Waals surface area contributed by atoms with E-state index < -0.39 is 41.6 Å². The van der Waals surface area contributed by atoms with Gasteiger partial charge >= 0.3 is 0 Å². The third-order valence-corrected chi connectivity index (χ3v) is 10.3. The number of methoxy groups -OCH3 is 1. The van der Waals surface area contributed by atoms with Gasteiger partial charge in [0.1, 0.15) is 17.8 Å². The Morgan fingerprint density at radius 1 is 1.32 bits per heavy atom. The summed E-state index contributed by atoms with van der Waals surface area (Å²) in [6.07, 6.45) is -1.34. The molecule has 4 rings (SSSR count). The molecule has 3 aliphatic heterocycles. The molecule has 0 spiro atoms. The van der Waals surface area contributed by atoms with Crippen molar-refractivity contribution < 1.29 is 31.7 Å². The lowest BCUT2D eigenvalue weighted by Crippen LogP contribution is -2.46. The van der Waals surface area contributed by atoms with Gasteiger partial charge in [0, 0.05) is 17.6 Å². The standard InChI is InChI=1S/C20H29BrNO7PS/c1-12(2)16-13(3)22(4)30(28-16)29-18-17-19(27-20(18,10-25-5)11-26-17)31(23,24)15-8-6-14(21)7-9-15/h6-9,12-13,16-19H,10-11H2,1-5H3/t13?,16?,17-,18?,19-,20+,30?/m0/s1. The summed E-state index contributed by atoms with van der Waals surface area (Å²) in [5.41, 5.74) is -2.18. The van der Waals surface area contributed by atoms with Crippen LogP contribution in [-0.2, 0) is 33.1 Å². The molecule has 3 heterocycles.